The number of hydrazine groups is 1. The van der Waals surface area contributed by atoms with Gasteiger partial charge < -0.3 is 5.73 Å². The van der Waals surface area contributed by atoms with Gasteiger partial charge in [-0.05, 0) is 7.05 Å². The van der Waals surface area contributed by atoms with Crippen LogP contribution in [0.15, 0.2) is 0 Å². The zero-order valence-electron chi connectivity index (χ0n) is 5.65. The van der Waals surface area contributed by atoms with Crippen molar-refractivity contribution in [2.75, 3.05) is 26.7 Å². The van der Waals surface area contributed by atoms with Crippen LogP contribution in [0.4, 0.5) is 0 Å². The first-order chi connectivity index (χ1) is 3.85. The summed E-state index contributed by atoms with van der Waals surface area (Å²) in [4.78, 5) is 0. The van der Waals surface area contributed by atoms with Gasteiger partial charge in [-0.15, -0.1) is 0 Å². The summed E-state index contributed by atoms with van der Waals surface area (Å²) in [6.45, 7) is 4.74. The fourth-order valence-electron chi connectivity index (χ4n) is 0.584. The number of hydrogen-bond acceptors (Lipinski definition) is 3. The highest BCUT2D eigenvalue weighted by atomic mass is 15.5. The van der Waals surface area contributed by atoms with Crippen molar-refractivity contribution in [2.45, 2.75) is 6.92 Å². The highest BCUT2D eigenvalue weighted by Gasteiger charge is 1.92. The molecule has 0 saturated heterocycles. The quantitative estimate of drug-likeness (QED) is 0.483. The van der Waals surface area contributed by atoms with Crippen molar-refractivity contribution in [2.24, 2.45) is 5.73 Å². The lowest BCUT2D eigenvalue weighted by Gasteiger charge is -2.16. The third-order valence-corrected chi connectivity index (χ3v) is 1.10. The van der Waals surface area contributed by atoms with Crippen molar-refractivity contribution in [1.29, 1.82) is 0 Å². The normalized spacial score (nSPS) is 10.5. The van der Waals surface area contributed by atoms with Crippen molar-refractivity contribution >= 4 is 0 Å². The standard InChI is InChI=1S/C5H15N3/c1-3-8(7-2)5-4-6/h7H,3-6H2,1-2H3. The molecular weight excluding hydrogens is 102 g/mol. The van der Waals surface area contributed by atoms with Crippen molar-refractivity contribution in [1.82, 2.24) is 10.4 Å². The predicted molar refractivity (Wildman–Crippen MR) is 35.4 cm³/mol. The molecule has 0 aromatic heterocycles. The van der Waals surface area contributed by atoms with Crippen LogP contribution in [0.2, 0.25) is 0 Å². The number of rotatable bonds is 4. The molecule has 0 aromatic carbocycles. The topological polar surface area (TPSA) is 41.3 Å². The molecule has 0 spiro atoms. The molecule has 3 heteroatoms. The Bertz CT molecular complexity index is 42.9. The number of hydrogen-bond donors (Lipinski definition) is 2. The third kappa shape index (κ3) is 2.96. The maximum atomic E-state index is 5.30. The average molecular weight is 117 g/mol. The zero-order valence-corrected chi connectivity index (χ0v) is 5.65. The van der Waals surface area contributed by atoms with Crippen LogP contribution >= 0.6 is 0 Å². The molecule has 0 aliphatic carbocycles. The molecule has 0 saturated carbocycles. The molecule has 8 heavy (non-hydrogen) atoms. The van der Waals surface area contributed by atoms with Crippen LogP contribution in [-0.4, -0.2) is 31.7 Å². The summed E-state index contributed by atoms with van der Waals surface area (Å²) in [6.07, 6.45) is 0. The molecule has 0 amide bonds. The van der Waals surface area contributed by atoms with Gasteiger partial charge in [0.1, 0.15) is 0 Å². The van der Waals surface area contributed by atoms with Crippen LogP contribution in [0.1, 0.15) is 6.92 Å². The minimum Gasteiger partial charge on any atom is -0.329 e. The summed E-state index contributed by atoms with van der Waals surface area (Å²) in [6, 6.07) is 0. The van der Waals surface area contributed by atoms with E-state index in [1.807, 2.05) is 7.05 Å². The van der Waals surface area contributed by atoms with Crippen molar-refractivity contribution < 1.29 is 0 Å². The van der Waals surface area contributed by atoms with Gasteiger partial charge in [0.05, 0.1) is 0 Å². The van der Waals surface area contributed by atoms with Gasteiger partial charge in [0.2, 0.25) is 0 Å². The van der Waals surface area contributed by atoms with Crippen LogP contribution in [0.25, 0.3) is 0 Å². The van der Waals surface area contributed by atoms with E-state index >= 15 is 0 Å². The van der Waals surface area contributed by atoms with E-state index in [1.54, 1.807) is 0 Å². The summed E-state index contributed by atoms with van der Waals surface area (Å²) in [5.41, 5.74) is 8.30. The Morgan fingerprint density at radius 2 is 2.25 bits per heavy atom. The van der Waals surface area contributed by atoms with Crippen molar-refractivity contribution in [3.8, 4) is 0 Å². The largest absolute Gasteiger partial charge is 0.329 e. The van der Waals surface area contributed by atoms with E-state index in [0.29, 0.717) is 6.54 Å². The summed E-state index contributed by atoms with van der Waals surface area (Å²) in [5, 5.41) is 2.06. The van der Waals surface area contributed by atoms with Gasteiger partial charge in [0.15, 0.2) is 0 Å². The number of nitrogens with one attached hydrogen (secondary N) is 1. The Hall–Kier alpha value is -0.120. The summed E-state index contributed by atoms with van der Waals surface area (Å²) >= 11 is 0. The van der Waals surface area contributed by atoms with Gasteiger partial charge in [-0.2, -0.15) is 0 Å². The first-order valence-electron chi connectivity index (χ1n) is 2.97. The number of likely N-dealkylation sites (N-methyl/N-ethyl adjacent to an activating group) is 1. The molecule has 0 aliphatic heterocycles. The Morgan fingerprint density at radius 1 is 1.62 bits per heavy atom. The molecule has 0 radical (unpaired) electrons. The van der Waals surface area contributed by atoms with E-state index in [-0.39, 0.29) is 0 Å². The molecule has 3 nitrogen and oxygen atoms in total. The van der Waals surface area contributed by atoms with E-state index in [2.05, 4.69) is 17.4 Å². The fraction of sp³-hybridized carbons (Fsp3) is 1.00. The lowest BCUT2D eigenvalue weighted by molar-refractivity contribution is 0.226. The first kappa shape index (κ1) is 7.88. The van der Waals surface area contributed by atoms with Gasteiger partial charge in [0.25, 0.3) is 0 Å². The molecule has 50 valence electrons. The predicted octanol–water partition coefficient (Wildman–Crippen LogP) is -0.599. The average Bonchev–Trinajstić information content (AvgIpc) is 1.83. The number of nitrogens with two attached hydrogens (primary N) is 1. The molecule has 0 aliphatic rings. The van der Waals surface area contributed by atoms with Crippen molar-refractivity contribution in [3.63, 3.8) is 0 Å². The second-order valence-corrected chi connectivity index (χ2v) is 1.59. The summed E-state index contributed by atoms with van der Waals surface area (Å²) in [5.74, 6) is 0. The Kier molecular flexibility index (Phi) is 4.95. The molecule has 0 rings (SSSR count). The maximum Gasteiger partial charge on any atom is 0.0253 e. The minimum absolute atomic E-state index is 0.717. The molecule has 0 atom stereocenters. The van der Waals surface area contributed by atoms with Crippen LogP contribution < -0.4 is 11.2 Å². The van der Waals surface area contributed by atoms with Gasteiger partial charge in [-0.25, -0.2) is 5.01 Å². The second kappa shape index (κ2) is 5.03. The third-order valence-electron chi connectivity index (χ3n) is 1.10. The maximum absolute atomic E-state index is 5.30. The highest BCUT2D eigenvalue weighted by molar-refractivity contribution is 4.44. The summed E-state index contributed by atoms with van der Waals surface area (Å²) < 4.78 is 0. The first-order valence-corrected chi connectivity index (χ1v) is 2.97. The fourth-order valence-corrected chi connectivity index (χ4v) is 0.584. The number of nitrogens with zero attached hydrogens (tertiary/aromatic N) is 1. The van der Waals surface area contributed by atoms with Crippen LogP contribution in [0.3, 0.4) is 0 Å². The van der Waals surface area contributed by atoms with Gasteiger partial charge in [0, 0.05) is 19.6 Å². The van der Waals surface area contributed by atoms with Gasteiger partial charge in [-0.1, -0.05) is 6.92 Å². The molecule has 0 bridgehead atoms. The van der Waals surface area contributed by atoms with E-state index in [1.165, 1.54) is 0 Å². The molecule has 3 N–H and O–H groups in total. The molecular formula is C5H15N3. The Balaban J connectivity index is 3.07. The lowest BCUT2D eigenvalue weighted by Crippen LogP contribution is -2.38. The lowest BCUT2D eigenvalue weighted by atomic mass is 10.6. The van der Waals surface area contributed by atoms with Crippen LogP contribution in [0, 0.1) is 0 Å². The summed E-state index contributed by atoms with van der Waals surface area (Å²) in [7, 11) is 1.90. The SMILES string of the molecule is CCN(CCN)NC. The van der Waals surface area contributed by atoms with Crippen LogP contribution in [0.5, 0.6) is 0 Å². The highest BCUT2D eigenvalue weighted by Crippen LogP contribution is 1.74. The molecule has 0 fully saturated rings. The monoisotopic (exact) mass is 117 g/mol. The Labute approximate surface area is 50.8 Å². The van der Waals surface area contributed by atoms with E-state index in [9.17, 15) is 0 Å². The molecule has 0 heterocycles. The molecule has 0 aromatic rings. The molecule has 0 unspecified atom stereocenters. The smallest absolute Gasteiger partial charge is 0.0253 e. The zero-order chi connectivity index (χ0) is 6.41. The van der Waals surface area contributed by atoms with E-state index in [4.69, 9.17) is 5.73 Å². The van der Waals surface area contributed by atoms with Crippen molar-refractivity contribution in [3.05, 3.63) is 0 Å². The van der Waals surface area contributed by atoms with Gasteiger partial charge >= 0.3 is 0 Å². The second-order valence-electron chi connectivity index (χ2n) is 1.59. The van der Waals surface area contributed by atoms with Crippen LogP contribution in [-0.2, 0) is 0 Å². The van der Waals surface area contributed by atoms with E-state index < -0.39 is 0 Å². The van der Waals surface area contributed by atoms with E-state index in [0.717, 1.165) is 13.1 Å². The minimum atomic E-state index is 0.717. The van der Waals surface area contributed by atoms with Gasteiger partial charge in [-0.3, -0.25) is 5.43 Å². The Morgan fingerprint density at radius 3 is 2.38 bits per heavy atom.